The molecule has 4 nitrogen and oxygen atoms in total. The third kappa shape index (κ3) is 4.10. The van der Waals surface area contributed by atoms with Gasteiger partial charge in [-0.2, -0.15) is 4.98 Å². The highest BCUT2D eigenvalue weighted by atomic mass is 16.4. The van der Waals surface area contributed by atoms with Crippen molar-refractivity contribution >= 4 is 6.01 Å². The Morgan fingerprint density at radius 3 is 2.70 bits per heavy atom. The molecule has 2 rings (SSSR count). The van der Waals surface area contributed by atoms with Crippen LogP contribution in [0.25, 0.3) is 0 Å². The number of aryl methyl sites for hydroxylation is 1. The minimum atomic E-state index is 0.666. The molecule has 0 unspecified atom stereocenters. The third-order valence-electron chi connectivity index (χ3n) is 3.14. The Kier molecular flexibility index (Phi) is 5.18. The third-order valence-corrected chi connectivity index (χ3v) is 3.14. The van der Waals surface area contributed by atoms with Gasteiger partial charge in [-0.3, -0.25) is 0 Å². The number of aromatic nitrogens is 1. The van der Waals surface area contributed by atoms with Crippen molar-refractivity contribution in [3.8, 4) is 0 Å². The van der Waals surface area contributed by atoms with Crippen molar-refractivity contribution < 1.29 is 4.42 Å². The van der Waals surface area contributed by atoms with Gasteiger partial charge >= 0.3 is 0 Å². The first-order valence-corrected chi connectivity index (χ1v) is 7.11. The van der Waals surface area contributed by atoms with Crippen molar-refractivity contribution in [3.63, 3.8) is 0 Å². The minimum Gasteiger partial charge on any atom is -0.432 e. The standard InChI is InChI=1S/C16H23N3O/c1-4-9-17-10-15-12-20-16(18-15)19(3)11-14-7-5-13(2)6-8-14/h5-8,12,17H,4,9-11H2,1-3H3. The van der Waals surface area contributed by atoms with Gasteiger partial charge in [-0.15, -0.1) is 0 Å². The second-order valence-electron chi connectivity index (χ2n) is 5.14. The molecule has 0 atom stereocenters. The van der Waals surface area contributed by atoms with Crippen molar-refractivity contribution in [2.24, 2.45) is 0 Å². The van der Waals surface area contributed by atoms with Crippen LogP contribution in [0.1, 0.15) is 30.2 Å². The van der Waals surface area contributed by atoms with Crippen LogP contribution >= 0.6 is 0 Å². The minimum absolute atomic E-state index is 0.666. The molecule has 2 aromatic rings. The second kappa shape index (κ2) is 7.10. The molecule has 1 N–H and O–H groups in total. The van der Waals surface area contributed by atoms with E-state index in [-0.39, 0.29) is 0 Å². The Bertz CT molecular complexity index is 519. The van der Waals surface area contributed by atoms with Gasteiger partial charge in [-0.05, 0) is 25.5 Å². The smallest absolute Gasteiger partial charge is 0.297 e. The van der Waals surface area contributed by atoms with Crippen molar-refractivity contribution in [1.82, 2.24) is 10.3 Å². The number of oxazole rings is 1. The van der Waals surface area contributed by atoms with Crippen LogP contribution in [0.2, 0.25) is 0 Å². The molecular weight excluding hydrogens is 250 g/mol. The molecule has 0 amide bonds. The summed E-state index contributed by atoms with van der Waals surface area (Å²) >= 11 is 0. The summed E-state index contributed by atoms with van der Waals surface area (Å²) in [6, 6.07) is 9.19. The summed E-state index contributed by atoms with van der Waals surface area (Å²) in [4.78, 5) is 6.51. The molecule has 0 aliphatic carbocycles. The topological polar surface area (TPSA) is 41.3 Å². The largest absolute Gasteiger partial charge is 0.432 e. The summed E-state index contributed by atoms with van der Waals surface area (Å²) in [5.41, 5.74) is 3.47. The van der Waals surface area contributed by atoms with Crippen LogP contribution in [0.5, 0.6) is 0 Å². The molecule has 1 aromatic carbocycles. The zero-order valence-corrected chi connectivity index (χ0v) is 12.5. The summed E-state index contributed by atoms with van der Waals surface area (Å²) in [5.74, 6) is 0. The molecule has 0 fully saturated rings. The molecule has 0 saturated carbocycles. The van der Waals surface area contributed by atoms with E-state index in [0.717, 1.165) is 31.7 Å². The number of hydrogen-bond donors (Lipinski definition) is 1. The van der Waals surface area contributed by atoms with Crippen LogP contribution in [0.4, 0.5) is 6.01 Å². The summed E-state index contributed by atoms with van der Waals surface area (Å²) < 4.78 is 5.53. The Morgan fingerprint density at radius 1 is 1.25 bits per heavy atom. The van der Waals surface area contributed by atoms with Crippen LogP contribution in [-0.4, -0.2) is 18.6 Å². The molecule has 0 bridgehead atoms. The highest BCUT2D eigenvalue weighted by molar-refractivity contribution is 5.30. The van der Waals surface area contributed by atoms with Crippen molar-refractivity contribution in [2.45, 2.75) is 33.4 Å². The lowest BCUT2D eigenvalue weighted by Gasteiger charge is -2.14. The monoisotopic (exact) mass is 273 g/mol. The van der Waals surface area contributed by atoms with Crippen LogP contribution < -0.4 is 10.2 Å². The number of benzene rings is 1. The van der Waals surface area contributed by atoms with Crippen molar-refractivity contribution in [3.05, 3.63) is 47.3 Å². The van der Waals surface area contributed by atoms with E-state index in [2.05, 4.69) is 48.4 Å². The fourth-order valence-electron chi connectivity index (χ4n) is 1.98. The lowest BCUT2D eigenvalue weighted by atomic mass is 10.1. The first-order valence-electron chi connectivity index (χ1n) is 7.11. The number of nitrogens with zero attached hydrogens (tertiary/aromatic N) is 2. The molecule has 108 valence electrons. The van der Waals surface area contributed by atoms with Gasteiger partial charge in [-0.1, -0.05) is 36.8 Å². The molecule has 0 saturated heterocycles. The summed E-state index contributed by atoms with van der Waals surface area (Å²) in [7, 11) is 1.99. The Hall–Kier alpha value is -1.81. The zero-order chi connectivity index (χ0) is 14.4. The molecular formula is C16H23N3O. The number of rotatable bonds is 7. The SMILES string of the molecule is CCCNCc1coc(N(C)Cc2ccc(C)cc2)n1. The molecule has 0 aliphatic rings. The maximum Gasteiger partial charge on any atom is 0.297 e. The molecule has 20 heavy (non-hydrogen) atoms. The van der Waals surface area contributed by atoms with Crippen LogP contribution in [0.3, 0.4) is 0 Å². The van der Waals surface area contributed by atoms with E-state index in [9.17, 15) is 0 Å². The maximum atomic E-state index is 5.53. The molecule has 1 aromatic heterocycles. The van der Waals surface area contributed by atoms with E-state index in [0.29, 0.717) is 6.01 Å². The molecule has 0 radical (unpaired) electrons. The Morgan fingerprint density at radius 2 is 2.00 bits per heavy atom. The lowest BCUT2D eigenvalue weighted by Crippen LogP contribution is -2.17. The predicted octanol–water partition coefficient (Wildman–Crippen LogP) is 3.12. The van der Waals surface area contributed by atoms with E-state index in [1.54, 1.807) is 6.26 Å². The van der Waals surface area contributed by atoms with E-state index >= 15 is 0 Å². The average Bonchev–Trinajstić information content (AvgIpc) is 2.91. The number of hydrogen-bond acceptors (Lipinski definition) is 4. The highest BCUT2D eigenvalue weighted by Gasteiger charge is 2.09. The van der Waals surface area contributed by atoms with E-state index in [1.165, 1.54) is 11.1 Å². The van der Waals surface area contributed by atoms with Crippen LogP contribution in [0.15, 0.2) is 34.9 Å². The van der Waals surface area contributed by atoms with Gasteiger partial charge in [0.2, 0.25) is 0 Å². The van der Waals surface area contributed by atoms with Gasteiger partial charge in [0.05, 0.1) is 5.69 Å². The summed E-state index contributed by atoms with van der Waals surface area (Å²) in [6.07, 6.45) is 2.85. The normalized spacial score (nSPS) is 10.8. The zero-order valence-electron chi connectivity index (χ0n) is 12.5. The van der Waals surface area contributed by atoms with Crippen molar-refractivity contribution in [1.29, 1.82) is 0 Å². The summed E-state index contributed by atoms with van der Waals surface area (Å²) in [5, 5.41) is 3.32. The molecule has 0 aliphatic heterocycles. The van der Waals surface area contributed by atoms with Gasteiger partial charge in [0, 0.05) is 20.1 Å². The fourth-order valence-corrected chi connectivity index (χ4v) is 1.98. The van der Waals surface area contributed by atoms with E-state index < -0.39 is 0 Å². The first kappa shape index (κ1) is 14.6. The van der Waals surface area contributed by atoms with Crippen LogP contribution in [-0.2, 0) is 13.1 Å². The fraction of sp³-hybridized carbons (Fsp3) is 0.438. The molecule has 1 heterocycles. The quantitative estimate of drug-likeness (QED) is 0.787. The Labute approximate surface area is 120 Å². The molecule has 0 spiro atoms. The summed E-state index contributed by atoms with van der Waals surface area (Å²) in [6.45, 7) is 6.80. The van der Waals surface area contributed by atoms with E-state index in [4.69, 9.17) is 4.42 Å². The van der Waals surface area contributed by atoms with Crippen molar-refractivity contribution in [2.75, 3.05) is 18.5 Å². The lowest BCUT2D eigenvalue weighted by molar-refractivity contribution is 0.542. The number of anilines is 1. The second-order valence-corrected chi connectivity index (χ2v) is 5.14. The maximum absolute atomic E-state index is 5.53. The van der Waals surface area contributed by atoms with Gasteiger partial charge in [0.25, 0.3) is 6.01 Å². The predicted molar refractivity (Wildman–Crippen MR) is 81.8 cm³/mol. The van der Waals surface area contributed by atoms with Gasteiger partial charge in [0.1, 0.15) is 6.26 Å². The van der Waals surface area contributed by atoms with Crippen LogP contribution in [0, 0.1) is 6.92 Å². The molecule has 4 heteroatoms. The average molecular weight is 273 g/mol. The van der Waals surface area contributed by atoms with Gasteiger partial charge < -0.3 is 14.6 Å². The Balaban J connectivity index is 1.91. The highest BCUT2D eigenvalue weighted by Crippen LogP contribution is 2.15. The van der Waals surface area contributed by atoms with Gasteiger partial charge in [-0.25, -0.2) is 0 Å². The van der Waals surface area contributed by atoms with Gasteiger partial charge in [0.15, 0.2) is 0 Å². The first-order chi connectivity index (χ1) is 9.69. The number of nitrogens with one attached hydrogen (secondary N) is 1. The van der Waals surface area contributed by atoms with E-state index in [1.807, 2.05) is 11.9 Å².